The number of rotatable bonds is 2. The van der Waals surface area contributed by atoms with Gasteiger partial charge in [0.15, 0.2) is 0 Å². The molecule has 0 saturated heterocycles. The standard InChI is InChI=1S/C16H31B/c1-11-5-12(2)8-15(7-11)17-16-9-13(3)6-14(4)10-16/h11-17H,5-10H2,1-4H3. The van der Waals surface area contributed by atoms with Gasteiger partial charge in [-0.25, -0.2) is 0 Å². The molecular formula is C16H31B. The van der Waals surface area contributed by atoms with Gasteiger partial charge < -0.3 is 0 Å². The monoisotopic (exact) mass is 234 g/mol. The van der Waals surface area contributed by atoms with Crippen molar-refractivity contribution in [3.05, 3.63) is 0 Å². The van der Waals surface area contributed by atoms with E-state index >= 15 is 0 Å². The molecule has 0 aromatic heterocycles. The molecule has 0 aliphatic heterocycles. The second-order valence-electron chi connectivity index (χ2n) is 7.80. The summed E-state index contributed by atoms with van der Waals surface area (Å²) >= 11 is 0. The van der Waals surface area contributed by atoms with Gasteiger partial charge in [-0.2, -0.15) is 0 Å². The predicted molar refractivity (Wildman–Crippen MR) is 79.0 cm³/mol. The molecule has 17 heavy (non-hydrogen) atoms. The van der Waals surface area contributed by atoms with E-state index in [0.717, 1.165) is 35.3 Å². The van der Waals surface area contributed by atoms with Crippen molar-refractivity contribution in [2.75, 3.05) is 0 Å². The first-order valence-electron chi connectivity index (χ1n) is 8.02. The normalized spacial score (nSPS) is 47.8. The Morgan fingerprint density at radius 1 is 0.529 bits per heavy atom. The molecule has 0 amide bonds. The summed E-state index contributed by atoms with van der Waals surface area (Å²) in [5.41, 5.74) is 0. The molecule has 2 aliphatic carbocycles. The predicted octanol–water partition coefficient (Wildman–Crippen LogP) is 4.91. The van der Waals surface area contributed by atoms with Crippen LogP contribution in [0, 0.1) is 23.7 Å². The number of hydrogen-bond acceptors (Lipinski definition) is 0. The average molecular weight is 234 g/mol. The van der Waals surface area contributed by atoms with Crippen LogP contribution in [0.5, 0.6) is 0 Å². The zero-order chi connectivity index (χ0) is 12.4. The molecule has 0 aromatic rings. The lowest BCUT2D eigenvalue weighted by atomic mass is 9.45. The van der Waals surface area contributed by atoms with Crippen LogP contribution < -0.4 is 0 Å². The van der Waals surface area contributed by atoms with Gasteiger partial charge in [0.2, 0.25) is 0 Å². The van der Waals surface area contributed by atoms with Crippen LogP contribution in [0.2, 0.25) is 11.6 Å². The smallest absolute Gasteiger partial charge is 0.0649 e. The largest absolute Gasteiger partial charge is 0.127 e. The van der Waals surface area contributed by atoms with E-state index in [0.29, 0.717) is 0 Å². The summed E-state index contributed by atoms with van der Waals surface area (Å²) in [5.74, 6) is 6.06. The Morgan fingerprint density at radius 2 is 0.824 bits per heavy atom. The summed E-state index contributed by atoms with van der Waals surface area (Å²) < 4.78 is 0. The highest BCUT2D eigenvalue weighted by atomic mass is 14.3. The van der Waals surface area contributed by atoms with Crippen molar-refractivity contribution >= 4 is 7.28 Å². The molecule has 0 spiro atoms. The molecule has 2 aliphatic rings. The van der Waals surface area contributed by atoms with Gasteiger partial charge in [-0.05, 0) is 36.5 Å². The van der Waals surface area contributed by atoms with Crippen molar-refractivity contribution in [3.8, 4) is 0 Å². The first-order chi connectivity index (χ1) is 8.02. The highest BCUT2D eigenvalue weighted by Crippen LogP contribution is 2.42. The first-order valence-corrected chi connectivity index (χ1v) is 8.02. The Labute approximate surface area is 109 Å². The average Bonchev–Trinajstić information content (AvgIpc) is 2.13. The highest BCUT2D eigenvalue weighted by Gasteiger charge is 2.30. The summed E-state index contributed by atoms with van der Waals surface area (Å²) in [6.07, 6.45) is 9.03. The third-order valence-corrected chi connectivity index (χ3v) is 5.22. The fourth-order valence-corrected chi connectivity index (χ4v) is 5.08. The van der Waals surface area contributed by atoms with Crippen molar-refractivity contribution in [2.24, 2.45) is 23.7 Å². The SMILES string of the molecule is CC1CC(C)CC(BC2CC(C)CC(C)C2)C1. The van der Waals surface area contributed by atoms with Crippen LogP contribution in [0.4, 0.5) is 0 Å². The molecule has 4 unspecified atom stereocenters. The van der Waals surface area contributed by atoms with Crippen LogP contribution in [-0.4, -0.2) is 7.28 Å². The summed E-state index contributed by atoms with van der Waals surface area (Å²) in [6.45, 7) is 9.87. The third kappa shape index (κ3) is 4.03. The maximum atomic E-state index is 2.47. The minimum absolute atomic E-state index is 0.988. The molecule has 0 nitrogen and oxygen atoms in total. The molecule has 0 bridgehead atoms. The molecule has 0 N–H and O–H groups in total. The topological polar surface area (TPSA) is 0 Å². The van der Waals surface area contributed by atoms with E-state index in [4.69, 9.17) is 0 Å². The van der Waals surface area contributed by atoms with Crippen molar-refractivity contribution in [1.29, 1.82) is 0 Å². The van der Waals surface area contributed by atoms with Crippen LogP contribution in [-0.2, 0) is 0 Å². The van der Waals surface area contributed by atoms with E-state index in [9.17, 15) is 0 Å². The zero-order valence-corrected chi connectivity index (χ0v) is 12.4. The van der Waals surface area contributed by atoms with Crippen LogP contribution in [0.1, 0.15) is 66.2 Å². The molecule has 0 radical (unpaired) electrons. The van der Waals surface area contributed by atoms with E-state index in [-0.39, 0.29) is 0 Å². The van der Waals surface area contributed by atoms with Crippen molar-refractivity contribution in [1.82, 2.24) is 0 Å². The Bertz CT molecular complexity index is 194. The van der Waals surface area contributed by atoms with Gasteiger partial charge in [0.25, 0.3) is 0 Å². The highest BCUT2D eigenvalue weighted by molar-refractivity contribution is 6.39. The van der Waals surface area contributed by atoms with Gasteiger partial charge in [0, 0.05) is 0 Å². The van der Waals surface area contributed by atoms with Crippen molar-refractivity contribution in [3.63, 3.8) is 0 Å². The van der Waals surface area contributed by atoms with E-state index in [1.165, 1.54) is 38.5 Å². The zero-order valence-electron chi connectivity index (χ0n) is 12.4. The van der Waals surface area contributed by atoms with Gasteiger partial charge in [0.05, 0.1) is 0 Å². The number of hydrogen-bond donors (Lipinski definition) is 0. The van der Waals surface area contributed by atoms with Gasteiger partial charge in [-0.3, -0.25) is 0 Å². The Hall–Kier alpha value is 0.0649. The van der Waals surface area contributed by atoms with E-state index in [1.807, 2.05) is 0 Å². The molecular weight excluding hydrogens is 203 g/mol. The van der Waals surface area contributed by atoms with E-state index in [1.54, 1.807) is 7.28 Å². The first kappa shape index (κ1) is 13.5. The molecule has 0 aromatic carbocycles. The minimum atomic E-state index is 0.988. The summed E-state index contributed by atoms with van der Waals surface area (Å²) in [5, 5.41) is 0. The lowest BCUT2D eigenvalue weighted by Crippen LogP contribution is -2.26. The molecule has 98 valence electrons. The van der Waals surface area contributed by atoms with E-state index in [2.05, 4.69) is 27.7 Å². The fourth-order valence-electron chi connectivity index (χ4n) is 5.08. The molecule has 2 saturated carbocycles. The second kappa shape index (κ2) is 5.80. The van der Waals surface area contributed by atoms with Crippen LogP contribution in [0.15, 0.2) is 0 Å². The van der Waals surface area contributed by atoms with Crippen LogP contribution in [0.25, 0.3) is 0 Å². The van der Waals surface area contributed by atoms with Gasteiger partial charge in [-0.15, -0.1) is 0 Å². The summed E-state index contributed by atoms with van der Waals surface area (Å²) in [4.78, 5) is 0. The van der Waals surface area contributed by atoms with Crippen LogP contribution >= 0.6 is 0 Å². The third-order valence-electron chi connectivity index (χ3n) is 5.22. The lowest BCUT2D eigenvalue weighted by Gasteiger charge is -2.36. The maximum absolute atomic E-state index is 2.47. The van der Waals surface area contributed by atoms with E-state index < -0.39 is 0 Å². The van der Waals surface area contributed by atoms with Gasteiger partial charge in [-0.1, -0.05) is 65.0 Å². The maximum Gasteiger partial charge on any atom is 0.127 e. The van der Waals surface area contributed by atoms with Gasteiger partial charge >= 0.3 is 0 Å². The Balaban J connectivity index is 1.83. The van der Waals surface area contributed by atoms with Gasteiger partial charge in [0.1, 0.15) is 7.28 Å². The summed E-state index contributed by atoms with van der Waals surface area (Å²) in [6, 6.07) is 0. The molecule has 2 rings (SSSR count). The van der Waals surface area contributed by atoms with Crippen LogP contribution in [0.3, 0.4) is 0 Å². The molecule has 2 fully saturated rings. The second-order valence-corrected chi connectivity index (χ2v) is 7.80. The molecule has 4 atom stereocenters. The molecule has 0 heterocycles. The van der Waals surface area contributed by atoms with Crippen molar-refractivity contribution < 1.29 is 0 Å². The van der Waals surface area contributed by atoms with Crippen molar-refractivity contribution in [2.45, 2.75) is 77.9 Å². The molecule has 1 heteroatoms. The minimum Gasteiger partial charge on any atom is -0.0649 e. The Morgan fingerprint density at radius 3 is 1.12 bits per heavy atom. The Kier molecular flexibility index (Phi) is 4.61. The quantitative estimate of drug-likeness (QED) is 0.595. The fraction of sp³-hybridized carbons (Fsp3) is 1.00. The lowest BCUT2D eigenvalue weighted by molar-refractivity contribution is 0.282. The summed E-state index contributed by atoms with van der Waals surface area (Å²) in [7, 11) is 1.54.